The van der Waals surface area contributed by atoms with Gasteiger partial charge in [-0.1, -0.05) is 32.1 Å². The maximum atomic E-state index is 13.2. The van der Waals surface area contributed by atoms with Crippen molar-refractivity contribution in [2.45, 2.75) is 63.8 Å². The van der Waals surface area contributed by atoms with Crippen LogP contribution < -0.4 is 9.50 Å². The zero-order valence-corrected chi connectivity index (χ0v) is 18.8. The van der Waals surface area contributed by atoms with Crippen molar-refractivity contribution >= 4 is 21.7 Å². The minimum atomic E-state index is -4.34. The van der Waals surface area contributed by atoms with E-state index in [1.54, 1.807) is 0 Å². The van der Waals surface area contributed by atoms with Gasteiger partial charge in [0.1, 0.15) is 0 Å². The van der Waals surface area contributed by atoms with E-state index in [1.807, 2.05) is 0 Å². The normalized spacial score (nSPS) is 18.5. The Morgan fingerprint density at radius 2 is 1.72 bits per heavy atom. The van der Waals surface area contributed by atoms with Crippen molar-refractivity contribution < 1.29 is 22.4 Å². The van der Waals surface area contributed by atoms with Gasteiger partial charge < -0.3 is 9.50 Å². The first-order chi connectivity index (χ1) is 15.3. The molecule has 0 bridgehead atoms. The molecule has 11 nitrogen and oxygen atoms in total. The lowest BCUT2D eigenvalue weighted by molar-refractivity contribution is -0.394. The quantitative estimate of drug-likeness (QED) is 0.404. The van der Waals surface area contributed by atoms with Crippen molar-refractivity contribution in [2.75, 3.05) is 19.6 Å². The number of nitro benzene ring substituents is 2. The molecular weight excluding hydrogens is 440 g/mol. The highest BCUT2D eigenvalue weighted by Crippen LogP contribution is 2.33. The first kappa shape index (κ1) is 24.3. The molecule has 1 aromatic carbocycles. The highest BCUT2D eigenvalue weighted by molar-refractivity contribution is 7.84. The second-order valence-electron chi connectivity index (χ2n) is 8.45. The van der Waals surface area contributed by atoms with Crippen molar-refractivity contribution in [3.8, 4) is 5.75 Å². The van der Waals surface area contributed by atoms with E-state index in [0.717, 1.165) is 18.6 Å². The molecule has 1 aliphatic heterocycles. The molecule has 2 fully saturated rings. The zero-order chi connectivity index (χ0) is 23.1. The van der Waals surface area contributed by atoms with Crippen LogP contribution in [0.25, 0.3) is 0 Å². The van der Waals surface area contributed by atoms with E-state index >= 15 is 0 Å². The summed E-state index contributed by atoms with van der Waals surface area (Å²) >= 11 is 0. The van der Waals surface area contributed by atoms with Crippen LogP contribution in [0.1, 0.15) is 57.8 Å². The van der Waals surface area contributed by atoms with Crippen LogP contribution in [0.15, 0.2) is 18.2 Å². The Morgan fingerprint density at radius 1 is 1.03 bits per heavy atom. The SMILES string of the molecule is O=[N+]([O-])c1ccc(OS(=O)(=O)N(CCCC2CCCCC2)C2CCNCC2)c([N+](=O)[O-])c1. The molecule has 1 aromatic rings. The monoisotopic (exact) mass is 470 g/mol. The van der Waals surface area contributed by atoms with Crippen molar-refractivity contribution in [3.63, 3.8) is 0 Å². The number of non-ortho nitro benzene ring substituents is 1. The summed E-state index contributed by atoms with van der Waals surface area (Å²) in [6, 6.07) is 2.42. The number of benzene rings is 1. The van der Waals surface area contributed by atoms with E-state index in [-0.39, 0.29) is 12.6 Å². The number of nitro groups is 2. The Hall–Kier alpha value is -2.31. The van der Waals surface area contributed by atoms with Gasteiger partial charge in [-0.05, 0) is 50.8 Å². The molecule has 0 atom stereocenters. The predicted octanol–water partition coefficient (Wildman–Crippen LogP) is 3.54. The lowest BCUT2D eigenvalue weighted by atomic mass is 9.86. The fourth-order valence-corrected chi connectivity index (χ4v) is 5.97. The summed E-state index contributed by atoms with van der Waals surface area (Å²) in [5.74, 6) is 0.0878. The number of rotatable bonds is 10. The average molecular weight is 471 g/mol. The molecule has 2 aliphatic rings. The summed E-state index contributed by atoms with van der Waals surface area (Å²) in [6.07, 6.45) is 8.91. The van der Waals surface area contributed by atoms with E-state index in [1.165, 1.54) is 36.4 Å². The van der Waals surface area contributed by atoms with E-state index < -0.39 is 37.3 Å². The summed E-state index contributed by atoms with van der Waals surface area (Å²) in [5.41, 5.74) is -1.26. The largest absolute Gasteiger partial charge is 0.385 e. The third kappa shape index (κ3) is 6.36. The molecule has 0 aromatic heterocycles. The molecule has 0 spiro atoms. The molecule has 1 heterocycles. The van der Waals surface area contributed by atoms with Crippen molar-refractivity contribution in [3.05, 3.63) is 38.4 Å². The fourth-order valence-electron chi connectivity index (χ4n) is 4.58. The van der Waals surface area contributed by atoms with Gasteiger partial charge in [0.25, 0.3) is 5.69 Å². The van der Waals surface area contributed by atoms with Gasteiger partial charge in [0.2, 0.25) is 5.75 Å². The van der Waals surface area contributed by atoms with Gasteiger partial charge in [0.15, 0.2) is 0 Å². The number of piperidine rings is 1. The summed E-state index contributed by atoms with van der Waals surface area (Å²) in [6.45, 7) is 1.64. The van der Waals surface area contributed by atoms with Gasteiger partial charge in [-0.15, -0.1) is 0 Å². The Bertz CT molecular complexity index is 913. The molecule has 3 rings (SSSR count). The second-order valence-corrected chi connectivity index (χ2v) is 9.94. The molecule has 0 radical (unpaired) electrons. The predicted molar refractivity (Wildman–Crippen MR) is 118 cm³/mol. The topological polar surface area (TPSA) is 145 Å². The summed E-state index contributed by atoms with van der Waals surface area (Å²) < 4.78 is 32.9. The number of nitrogens with one attached hydrogen (secondary N) is 1. The molecule has 1 saturated heterocycles. The van der Waals surface area contributed by atoms with Gasteiger partial charge >= 0.3 is 16.0 Å². The first-order valence-electron chi connectivity index (χ1n) is 11.1. The minimum Gasteiger partial charge on any atom is -0.363 e. The van der Waals surface area contributed by atoms with Gasteiger partial charge in [0, 0.05) is 18.7 Å². The third-order valence-electron chi connectivity index (χ3n) is 6.26. The lowest BCUT2D eigenvalue weighted by Crippen LogP contribution is -2.48. The van der Waals surface area contributed by atoms with Crippen molar-refractivity contribution in [1.82, 2.24) is 9.62 Å². The Kier molecular flexibility index (Phi) is 8.38. The molecule has 178 valence electrons. The first-order valence-corrected chi connectivity index (χ1v) is 12.5. The number of hydrogen-bond donors (Lipinski definition) is 1. The Morgan fingerprint density at radius 3 is 2.34 bits per heavy atom. The van der Waals surface area contributed by atoms with E-state index in [2.05, 4.69) is 5.32 Å². The Labute approximate surface area is 187 Å². The maximum Gasteiger partial charge on any atom is 0.385 e. The van der Waals surface area contributed by atoms with Crippen molar-refractivity contribution in [2.24, 2.45) is 5.92 Å². The van der Waals surface area contributed by atoms with Crippen LogP contribution in [0.3, 0.4) is 0 Å². The maximum absolute atomic E-state index is 13.2. The molecule has 0 unspecified atom stereocenters. The third-order valence-corrected chi connectivity index (χ3v) is 7.71. The van der Waals surface area contributed by atoms with Crippen LogP contribution in [0.4, 0.5) is 11.4 Å². The van der Waals surface area contributed by atoms with Crippen LogP contribution >= 0.6 is 0 Å². The highest BCUT2D eigenvalue weighted by atomic mass is 32.2. The summed E-state index contributed by atoms with van der Waals surface area (Å²) in [7, 11) is -4.34. The fraction of sp³-hybridized carbons (Fsp3) is 0.700. The van der Waals surface area contributed by atoms with Gasteiger partial charge in [-0.2, -0.15) is 12.7 Å². The molecule has 12 heteroatoms. The smallest absolute Gasteiger partial charge is 0.363 e. The molecule has 1 saturated carbocycles. The second kappa shape index (κ2) is 11.0. The lowest BCUT2D eigenvalue weighted by Gasteiger charge is -2.33. The molecular formula is C20H30N4O7S. The highest BCUT2D eigenvalue weighted by Gasteiger charge is 2.35. The standard InChI is InChI=1S/C20H30N4O7S/c25-23(26)18-8-9-20(19(15-18)24(27)28)31-32(29,30)22(17-10-12-21-13-11-17)14-4-7-16-5-2-1-3-6-16/h8-9,15-17,21H,1-7,10-14H2. The minimum absolute atomic E-state index is 0.260. The van der Waals surface area contributed by atoms with Crippen LogP contribution in [0.2, 0.25) is 0 Å². The van der Waals surface area contributed by atoms with Crippen LogP contribution in [-0.4, -0.2) is 48.2 Å². The summed E-state index contributed by atoms with van der Waals surface area (Å²) in [5, 5.41) is 25.5. The molecule has 1 N–H and O–H groups in total. The van der Waals surface area contributed by atoms with Gasteiger partial charge in [-0.25, -0.2) is 0 Å². The van der Waals surface area contributed by atoms with Crippen LogP contribution in [0, 0.1) is 26.1 Å². The molecule has 0 amide bonds. The average Bonchev–Trinajstić information content (AvgIpc) is 2.77. The molecule has 32 heavy (non-hydrogen) atoms. The Balaban J connectivity index is 1.78. The molecule has 1 aliphatic carbocycles. The van der Waals surface area contributed by atoms with Crippen LogP contribution in [-0.2, 0) is 10.3 Å². The van der Waals surface area contributed by atoms with E-state index in [0.29, 0.717) is 44.3 Å². The number of hydrogen-bond acceptors (Lipinski definition) is 8. The van der Waals surface area contributed by atoms with Crippen LogP contribution in [0.5, 0.6) is 5.75 Å². The van der Waals surface area contributed by atoms with Crippen molar-refractivity contribution in [1.29, 1.82) is 0 Å². The number of nitrogens with zero attached hydrogens (tertiary/aromatic N) is 3. The van der Waals surface area contributed by atoms with E-state index in [4.69, 9.17) is 4.18 Å². The van der Waals surface area contributed by atoms with Gasteiger partial charge in [-0.3, -0.25) is 20.2 Å². The van der Waals surface area contributed by atoms with E-state index in [9.17, 15) is 28.6 Å². The zero-order valence-electron chi connectivity index (χ0n) is 18.0. The van der Waals surface area contributed by atoms with Gasteiger partial charge in [0.05, 0.1) is 15.9 Å². The summed E-state index contributed by atoms with van der Waals surface area (Å²) in [4.78, 5) is 20.7.